The van der Waals surface area contributed by atoms with Crippen molar-refractivity contribution in [3.05, 3.63) is 0 Å². The first-order valence-electron chi connectivity index (χ1n) is 4.81. The molecule has 1 fully saturated rings. The molecule has 1 radical (unpaired) electrons. The average molecular weight is 172 g/mol. The number of aliphatic hydroxyl groups excluding tert-OH is 1. The fourth-order valence-electron chi connectivity index (χ4n) is 1.81. The Morgan fingerprint density at radius 3 is 2.92 bits per heavy atom. The van der Waals surface area contributed by atoms with E-state index in [1.807, 2.05) is 0 Å². The van der Waals surface area contributed by atoms with Gasteiger partial charge in [0.1, 0.15) is 0 Å². The van der Waals surface area contributed by atoms with Gasteiger partial charge in [0, 0.05) is 6.04 Å². The van der Waals surface area contributed by atoms with Crippen LogP contribution in [-0.4, -0.2) is 42.4 Å². The molecule has 0 aliphatic carbocycles. The standard InChI is InChI=1S/C9H18NO2/c11-7-2-1-5-10-6-3-4-9(10)8-12/h9,12H,1-8H2/t9-/m1/s1. The molecule has 3 heteroatoms. The average Bonchev–Trinajstić information content (AvgIpc) is 2.52. The third-order valence-electron chi connectivity index (χ3n) is 2.55. The molecular formula is C9H18NO2. The van der Waals surface area contributed by atoms with Gasteiger partial charge in [-0.1, -0.05) is 0 Å². The summed E-state index contributed by atoms with van der Waals surface area (Å²) in [4.78, 5) is 2.30. The third kappa shape index (κ3) is 2.73. The Kier molecular flexibility index (Phi) is 4.58. The van der Waals surface area contributed by atoms with Gasteiger partial charge >= 0.3 is 0 Å². The van der Waals surface area contributed by atoms with Crippen molar-refractivity contribution in [1.29, 1.82) is 0 Å². The first kappa shape index (κ1) is 9.96. The second-order valence-electron chi connectivity index (χ2n) is 3.43. The minimum atomic E-state index is 0.0393. The van der Waals surface area contributed by atoms with Crippen LogP contribution in [-0.2, 0) is 5.11 Å². The maximum atomic E-state index is 10.2. The quantitative estimate of drug-likeness (QED) is 0.619. The van der Waals surface area contributed by atoms with Crippen LogP contribution in [0.3, 0.4) is 0 Å². The smallest absolute Gasteiger partial charge is 0.0822 e. The fraction of sp³-hybridized carbons (Fsp3) is 1.00. The highest BCUT2D eigenvalue weighted by atomic mass is 16.3. The SMILES string of the molecule is [O]CCCCN1CCC[C@@H]1CO. The van der Waals surface area contributed by atoms with Crippen LogP contribution < -0.4 is 0 Å². The molecule has 71 valence electrons. The maximum Gasteiger partial charge on any atom is 0.0822 e. The first-order valence-corrected chi connectivity index (χ1v) is 4.81. The van der Waals surface area contributed by atoms with Crippen LogP contribution in [0.4, 0.5) is 0 Å². The maximum absolute atomic E-state index is 10.2. The zero-order valence-electron chi connectivity index (χ0n) is 7.54. The Bertz CT molecular complexity index is 119. The molecule has 0 aromatic heterocycles. The zero-order chi connectivity index (χ0) is 8.81. The topological polar surface area (TPSA) is 43.4 Å². The van der Waals surface area contributed by atoms with Crippen LogP contribution in [0.2, 0.25) is 0 Å². The van der Waals surface area contributed by atoms with E-state index >= 15 is 0 Å². The van der Waals surface area contributed by atoms with Crippen LogP contribution in [0.25, 0.3) is 0 Å². The number of aliphatic hydroxyl groups is 1. The van der Waals surface area contributed by atoms with Gasteiger partial charge < -0.3 is 5.11 Å². The second kappa shape index (κ2) is 5.51. The Balaban J connectivity index is 2.12. The number of rotatable bonds is 5. The van der Waals surface area contributed by atoms with Gasteiger partial charge in [-0.2, -0.15) is 0 Å². The molecule has 1 rings (SSSR count). The molecule has 1 saturated heterocycles. The Morgan fingerprint density at radius 1 is 1.42 bits per heavy atom. The third-order valence-corrected chi connectivity index (χ3v) is 2.55. The van der Waals surface area contributed by atoms with Crippen LogP contribution in [0.5, 0.6) is 0 Å². The minimum Gasteiger partial charge on any atom is -0.395 e. The van der Waals surface area contributed by atoms with E-state index in [1.165, 1.54) is 6.42 Å². The van der Waals surface area contributed by atoms with Crippen molar-refractivity contribution < 1.29 is 10.2 Å². The molecule has 0 spiro atoms. The van der Waals surface area contributed by atoms with E-state index in [2.05, 4.69) is 4.90 Å². The molecule has 3 nitrogen and oxygen atoms in total. The van der Waals surface area contributed by atoms with Gasteiger partial charge in [-0.15, -0.1) is 0 Å². The van der Waals surface area contributed by atoms with Crippen molar-refractivity contribution >= 4 is 0 Å². The predicted octanol–water partition coefficient (Wildman–Crippen LogP) is 0.654. The second-order valence-corrected chi connectivity index (χ2v) is 3.43. The van der Waals surface area contributed by atoms with Crippen molar-refractivity contribution in [3.63, 3.8) is 0 Å². The molecule has 12 heavy (non-hydrogen) atoms. The van der Waals surface area contributed by atoms with Crippen LogP contribution in [0.1, 0.15) is 25.7 Å². The van der Waals surface area contributed by atoms with Crippen LogP contribution in [0.15, 0.2) is 0 Å². The van der Waals surface area contributed by atoms with Crippen LogP contribution in [0, 0.1) is 0 Å². The number of hydrogen-bond acceptors (Lipinski definition) is 2. The van der Waals surface area contributed by atoms with Gasteiger partial charge in [-0.25, -0.2) is 5.11 Å². The monoisotopic (exact) mass is 172 g/mol. The fourth-order valence-corrected chi connectivity index (χ4v) is 1.81. The summed E-state index contributed by atoms with van der Waals surface area (Å²) >= 11 is 0. The molecule has 1 N–H and O–H groups in total. The summed E-state index contributed by atoms with van der Waals surface area (Å²) < 4.78 is 0. The van der Waals surface area contributed by atoms with Crippen molar-refractivity contribution in [2.75, 3.05) is 26.3 Å². The Labute approximate surface area is 74.0 Å². The van der Waals surface area contributed by atoms with E-state index in [9.17, 15) is 5.11 Å². The van der Waals surface area contributed by atoms with Crippen molar-refractivity contribution in [3.8, 4) is 0 Å². The van der Waals surface area contributed by atoms with Crippen LogP contribution >= 0.6 is 0 Å². The van der Waals surface area contributed by atoms with Gasteiger partial charge in [0.15, 0.2) is 0 Å². The molecular weight excluding hydrogens is 154 g/mol. The first-order chi connectivity index (χ1) is 5.88. The van der Waals surface area contributed by atoms with E-state index in [-0.39, 0.29) is 13.2 Å². The van der Waals surface area contributed by atoms with Crippen molar-refractivity contribution in [1.82, 2.24) is 4.90 Å². The predicted molar refractivity (Wildman–Crippen MR) is 46.5 cm³/mol. The minimum absolute atomic E-state index is 0.0393. The van der Waals surface area contributed by atoms with Crippen molar-refractivity contribution in [2.24, 2.45) is 0 Å². The largest absolute Gasteiger partial charge is 0.395 e. The zero-order valence-corrected chi connectivity index (χ0v) is 7.54. The number of nitrogens with zero attached hydrogens (tertiary/aromatic N) is 1. The van der Waals surface area contributed by atoms with Gasteiger partial charge in [-0.3, -0.25) is 4.90 Å². The lowest BCUT2D eigenvalue weighted by Gasteiger charge is -2.21. The summed E-state index contributed by atoms with van der Waals surface area (Å²) in [6.45, 7) is 2.41. The Hall–Kier alpha value is -0.120. The van der Waals surface area contributed by atoms with Gasteiger partial charge in [0.05, 0.1) is 13.2 Å². The van der Waals surface area contributed by atoms with E-state index in [0.29, 0.717) is 6.04 Å². The summed E-state index contributed by atoms with van der Waals surface area (Å²) in [5, 5.41) is 19.2. The van der Waals surface area contributed by atoms with Crippen molar-refractivity contribution in [2.45, 2.75) is 31.7 Å². The molecule has 0 unspecified atom stereocenters. The van der Waals surface area contributed by atoms with E-state index in [1.54, 1.807) is 0 Å². The summed E-state index contributed by atoms with van der Waals surface area (Å²) in [5.74, 6) is 0. The number of likely N-dealkylation sites (tertiary alicyclic amines) is 1. The van der Waals surface area contributed by atoms with E-state index in [0.717, 1.165) is 32.4 Å². The number of unbranched alkanes of at least 4 members (excludes halogenated alkanes) is 1. The molecule has 1 atom stereocenters. The highest BCUT2D eigenvalue weighted by Gasteiger charge is 2.22. The Morgan fingerprint density at radius 2 is 2.25 bits per heavy atom. The molecule has 1 aliphatic heterocycles. The summed E-state index contributed by atoms with van der Waals surface area (Å²) in [7, 11) is 0. The van der Waals surface area contributed by atoms with Gasteiger partial charge in [0.2, 0.25) is 0 Å². The lowest BCUT2D eigenvalue weighted by atomic mass is 10.2. The summed E-state index contributed by atoms with van der Waals surface area (Å²) in [6.07, 6.45) is 4.07. The van der Waals surface area contributed by atoms with E-state index in [4.69, 9.17) is 5.11 Å². The van der Waals surface area contributed by atoms with E-state index < -0.39 is 0 Å². The molecule has 0 aromatic rings. The lowest BCUT2D eigenvalue weighted by Crippen LogP contribution is -2.33. The molecule has 0 bridgehead atoms. The summed E-state index contributed by atoms with van der Waals surface area (Å²) in [5.41, 5.74) is 0. The normalized spacial score (nSPS) is 25.0. The molecule has 0 amide bonds. The molecule has 0 saturated carbocycles. The van der Waals surface area contributed by atoms with Gasteiger partial charge in [-0.05, 0) is 38.8 Å². The lowest BCUT2D eigenvalue weighted by molar-refractivity contribution is 0.146. The highest BCUT2D eigenvalue weighted by Crippen LogP contribution is 2.16. The number of hydrogen-bond donors (Lipinski definition) is 1. The molecule has 1 heterocycles. The van der Waals surface area contributed by atoms with Gasteiger partial charge in [0.25, 0.3) is 0 Å². The molecule has 1 aliphatic rings. The summed E-state index contributed by atoms with van der Waals surface area (Å²) in [6, 6.07) is 0.372. The molecule has 0 aromatic carbocycles. The highest BCUT2D eigenvalue weighted by molar-refractivity contribution is 4.77.